The molecule has 1 aliphatic heterocycles. The Bertz CT molecular complexity index is 1030. The first-order valence-corrected chi connectivity index (χ1v) is 8.61. The van der Waals surface area contributed by atoms with E-state index >= 15 is 0 Å². The number of aromatic nitrogens is 2. The van der Waals surface area contributed by atoms with Gasteiger partial charge in [0.05, 0.1) is 17.2 Å². The summed E-state index contributed by atoms with van der Waals surface area (Å²) in [6.45, 7) is 0.670. The molecule has 0 aliphatic carbocycles. The maximum absolute atomic E-state index is 12.5. The summed E-state index contributed by atoms with van der Waals surface area (Å²) in [7, 11) is 1.50. The van der Waals surface area contributed by atoms with Crippen molar-refractivity contribution in [3.63, 3.8) is 0 Å². The fourth-order valence-electron chi connectivity index (χ4n) is 3.20. The molecule has 0 spiro atoms. The zero-order valence-electron chi connectivity index (χ0n) is 14.8. The minimum atomic E-state index is -0.321. The summed E-state index contributed by atoms with van der Waals surface area (Å²) in [5, 5.41) is 2.85. The lowest BCUT2D eigenvalue weighted by Gasteiger charge is -2.17. The molecule has 0 fully saturated rings. The molecule has 0 radical (unpaired) electrons. The Morgan fingerprint density at radius 3 is 2.81 bits per heavy atom. The van der Waals surface area contributed by atoms with Crippen molar-refractivity contribution in [1.82, 2.24) is 9.97 Å². The van der Waals surface area contributed by atoms with Gasteiger partial charge in [-0.1, -0.05) is 12.1 Å². The molecule has 0 atom stereocenters. The smallest absolute Gasteiger partial charge is 0.275 e. The van der Waals surface area contributed by atoms with Gasteiger partial charge in [-0.2, -0.15) is 0 Å². The molecule has 3 aromatic rings. The fraction of sp³-hybridized carbons (Fsp3) is 0.200. The van der Waals surface area contributed by atoms with E-state index in [2.05, 4.69) is 15.3 Å². The summed E-state index contributed by atoms with van der Waals surface area (Å²) in [6, 6.07) is 12.9. The highest BCUT2D eigenvalue weighted by Gasteiger charge is 2.24. The van der Waals surface area contributed by atoms with E-state index in [1.807, 2.05) is 36.4 Å². The van der Waals surface area contributed by atoms with E-state index in [0.717, 1.165) is 23.2 Å². The number of anilines is 2. The Morgan fingerprint density at radius 2 is 2.00 bits per heavy atom. The first-order chi connectivity index (χ1) is 13.2. The molecule has 2 heterocycles. The van der Waals surface area contributed by atoms with Crippen molar-refractivity contribution < 1.29 is 14.3 Å². The number of carbonyl (C=O) groups excluding carboxylic acids is 2. The van der Waals surface area contributed by atoms with Crippen molar-refractivity contribution in [2.75, 3.05) is 30.5 Å². The monoisotopic (exact) mass is 362 g/mol. The van der Waals surface area contributed by atoms with Crippen LogP contribution in [0, 0.1) is 0 Å². The predicted molar refractivity (Wildman–Crippen MR) is 102 cm³/mol. The molecule has 4 rings (SSSR count). The highest BCUT2D eigenvalue weighted by molar-refractivity contribution is 6.04. The van der Waals surface area contributed by atoms with Crippen LogP contribution >= 0.6 is 0 Å². The number of benzene rings is 2. The van der Waals surface area contributed by atoms with Crippen molar-refractivity contribution in [3.8, 4) is 0 Å². The predicted octanol–water partition coefficient (Wildman–Crippen LogP) is 2.42. The van der Waals surface area contributed by atoms with E-state index in [-0.39, 0.29) is 24.1 Å². The largest absolute Gasteiger partial charge is 0.375 e. The number of nitrogens with zero attached hydrogens (tertiary/aromatic N) is 3. The van der Waals surface area contributed by atoms with E-state index in [0.29, 0.717) is 17.7 Å². The van der Waals surface area contributed by atoms with E-state index in [1.54, 1.807) is 11.0 Å². The van der Waals surface area contributed by atoms with Crippen molar-refractivity contribution in [3.05, 3.63) is 59.9 Å². The van der Waals surface area contributed by atoms with Crippen LogP contribution in [0.25, 0.3) is 11.0 Å². The Kier molecular flexibility index (Phi) is 4.52. The molecule has 1 aliphatic rings. The van der Waals surface area contributed by atoms with Crippen molar-refractivity contribution >= 4 is 34.2 Å². The number of rotatable bonds is 4. The maximum atomic E-state index is 12.5. The zero-order valence-corrected chi connectivity index (χ0v) is 14.8. The van der Waals surface area contributed by atoms with Crippen LogP contribution in [-0.2, 0) is 16.0 Å². The molecular formula is C20H18N4O3. The van der Waals surface area contributed by atoms with Gasteiger partial charge in [-0.25, -0.2) is 4.98 Å². The second kappa shape index (κ2) is 7.13. The van der Waals surface area contributed by atoms with E-state index < -0.39 is 0 Å². The minimum absolute atomic E-state index is 0.0541. The molecule has 0 saturated carbocycles. The molecule has 1 N–H and O–H groups in total. The molecule has 27 heavy (non-hydrogen) atoms. The van der Waals surface area contributed by atoms with Gasteiger partial charge in [0.2, 0.25) is 0 Å². The first kappa shape index (κ1) is 17.1. The third kappa shape index (κ3) is 3.37. The van der Waals surface area contributed by atoms with Crippen molar-refractivity contribution in [2.24, 2.45) is 0 Å². The van der Waals surface area contributed by atoms with Crippen LogP contribution in [0.4, 0.5) is 11.4 Å². The van der Waals surface area contributed by atoms with Crippen LogP contribution in [0.1, 0.15) is 16.1 Å². The minimum Gasteiger partial charge on any atom is -0.375 e. The van der Waals surface area contributed by atoms with E-state index in [1.165, 1.54) is 13.3 Å². The van der Waals surface area contributed by atoms with Crippen LogP contribution in [0.2, 0.25) is 0 Å². The zero-order chi connectivity index (χ0) is 18.8. The third-order valence-electron chi connectivity index (χ3n) is 4.48. The quantitative estimate of drug-likeness (QED) is 0.770. The lowest BCUT2D eigenvalue weighted by Crippen LogP contribution is -2.31. The standard InChI is InChI=1S/C20H18N4O3/c1-27-12-19(25)24-9-8-13-10-14(6-7-18(13)24)22-20(26)17-11-21-15-4-2-3-5-16(15)23-17/h2-7,10-11H,8-9,12H2,1H3,(H,22,26). The average molecular weight is 362 g/mol. The number of ether oxygens (including phenoxy) is 1. The summed E-state index contributed by atoms with van der Waals surface area (Å²) in [6.07, 6.45) is 2.21. The third-order valence-corrected chi connectivity index (χ3v) is 4.48. The molecular weight excluding hydrogens is 344 g/mol. The van der Waals surface area contributed by atoms with Crippen molar-refractivity contribution in [1.29, 1.82) is 0 Å². The fourth-order valence-corrected chi connectivity index (χ4v) is 3.20. The molecule has 2 aromatic carbocycles. The second-order valence-electron chi connectivity index (χ2n) is 6.27. The molecule has 2 amide bonds. The van der Waals surface area contributed by atoms with Gasteiger partial charge in [-0.05, 0) is 42.3 Å². The highest BCUT2D eigenvalue weighted by Crippen LogP contribution is 2.30. The Labute approximate surface area is 156 Å². The summed E-state index contributed by atoms with van der Waals surface area (Å²) >= 11 is 0. The second-order valence-corrected chi connectivity index (χ2v) is 6.27. The van der Waals surface area contributed by atoms with Gasteiger partial charge >= 0.3 is 0 Å². The highest BCUT2D eigenvalue weighted by atomic mass is 16.5. The number of nitrogens with one attached hydrogen (secondary N) is 1. The Morgan fingerprint density at radius 1 is 1.19 bits per heavy atom. The van der Waals surface area contributed by atoms with Gasteiger partial charge in [0.1, 0.15) is 12.3 Å². The van der Waals surface area contributed by atoms with Crippen LogP contribution in [0.5, 0.6) is 0 Å². The van der Waals surface area contributed by atoms with Gasteiger partial charge in [0, 0.05) is 25.0 Å². The topological polar surface area (TPSA) is 84.4 Å². The summed E-state index contributed by atoms with van der Waals surface area (Å²) in [4.78, 5) is 34.9. The van der Waals surface area contributed by atoms with Crippen molar-refractivity contribution in [2.45, 2.75) is 6.42 Å². The molecule has 7 nitrogen and oxygen atoms in total. The van der Waals surface area contributed by atoms with Gasteiger partial charge in [0.25, 0.3) is 11.8 Å². The van der Waals surface area contributed by atoms with Crippen LogP contribution in [0.15, 0.2) is 48.7 Å². The number of hydrogen-bond donors (Lipinski definition) is 1. The molecule has 0 unspecified atom stereocenters. The summed E-state index contributed by atoms with van der Waals surface area (Å²) in [5.74, 6) is -0.391. The first-order valence-electron chi connectivity index (χ1n) is 8.61. The lowest BCUT2D eigenvalue weighted by molar-refractivity contribution is -0.122. The normalized spacial score (nSPS) is 12.9. The molecule has 7 heteroatoms. The summed E-state index contributed by atoms with van der Waals surface area (Å²) < 4.78 is 4.93. The van der Waals surface area contributed by atoms with Gasteiger partial charge in [0.15, 0.2) is 0 Å². The van der Waals surface area contributed by atoms with Crippen LogP contribution in [-0.4, -0.2) is 42.0 Å². The van der Waals surface area contributed by atoms with Gasteiger partial charge < -0.3 is 15.0 Å². The number of fused-ring (bicyclic) bond motifs is 2. The van der Waals surface area contributed by atoms with Gasteiger partial charge in [-0.3, -0.25) is 14.6 Å². The number of hydrogen-bond acceptors (Lipinski definition) is 5. The van der Waals surface area contributed by atoms with Crippen LogP contribution in [0.3, 0.4) is 0 Å². The molecule has 136 valence electrons. The number of methoxy groups -OCH3 is 1. The average Bonchev–Trinajstić information content (AvgIpc) is 3.11. The number of amides is 2. The Hall–Kier alpha value is -3.32. The summed E-state index contributed by atoms with van der Waals surface area (Å²) in [5.41, 5.74) is 4.21. The van der Waals surface area contributed by atoms with E-state index in [9.17, 15) is 9.59 Å². The van der Waals surface area contributed by atoms with Gasteiger partial charge in [-0.15, -0.1) is 0 Å². The number of para-hydroxylation sites is 2. The SMILES string of the molecule is COCC(=O)N1CCc2cc(NC(=O)c3cnc4ccccc4n3)ccc21. The lowest BCUT2D eigenvalue weighted by atomic mass is 10.1. The maximum Gasteiger partial charge on any atom is 0.275 e. The molecule has 0 saturated heterocycles. The molecule has 0 bridgehead atoms. The number of carbonyl (C=O) groups is 2. The molecule has 1 aromatic heterocycles. The Balaban J connectivity index is 1.53. The van der Waals surface area contributed by atoms with Crippen LogP contribution < -0.4 is 10.2 Å². The van der Waals surface area contributed by atoms with E-state index in [4.69, 9.17) is 4.74 Å².